The molecule has 0 spiro atoms. The SMILES string of the molecule is CC1=NC(C)(C)C(C)=C2C[C@H](CO)CN12. The fourth-order valence-corrected chi connectivity index (χ4v) is 2.52. The van der Waals surface area contributed by atoms with Gasteiger partial charge >= 0.3 is 0 Å². The second-order valence-electron chi connectivity index (χ2n) is 5.15. The zero-order valence-electron chi connectivity index (χ0n) is 10.0. The minimum Gasteiger partial charge on any atom is -0.396 e. The maximum atomic E-state index is 9.23. The number of rotatable bonds is 1. The number of aliphatic hydroxyl groups is 1. The lowest BCUT2D eigenvalue weighted by Crippen LogP contribution is -2.36. The number of amidine groups is 1. The number of allylic oxidation sites excluding steroid dienone is 1. The summed E-state index contributed by atoms with van der Waals surface area (Å²) in [5.74, 6) is 1.48. The van der Waals surface area contributed by atoms with E-state index in [0.717, 1.165) is 18.8 Å². The lowest BCUT2D eigenvalue weighted by atomic mass is 9.91. The maximum absolute atomic E-state index is 9.23. The molecule has 1 atom stereocenters. The minimum absolute atomic E-state index is 0.0692. The zero-order valence-corrected chi connectivity index (χ0v) is 10.0. The van der Waals surface area contributed by atoms with Crippen LogP contribution >= 0.6 is 0 Å². The summed E-state index contributed by atoms with van der Waals surface area (Å²) in [5, 5.41) is 9.23. The molecular formula is C12H20N2O. The van der Waals surface area contributed by atoms with Crippen molar-refractivity contribution in [3.63, 3.8) is 0 Å². The summed E-state index contributed by atoms with van der Waals surface area (Å²) in [6.45, 7) is 9.74. The van der Waals surface area contributed by atoms with E-state index in [-0.39, 0.29) is 12.1 Å². The highest BCUT2D eigenvalue weighted by Crippen LogP contribution is 2.38. The average molecular weight is 208 g/mol. The average Bonchev–Trinajstić information content (AvgIpc) is 2.58. The molecule has 2 aliphatic heterocycles. The van der Waals surface area contributed by atoms with E-state index >= 15 is 0 Å². The molecule has 0 aliphatic carbocycles. The van der Waals surface area contributed by atoms with Gasteiger partial charge in [-0.15, -0.1) is 0 Å². The quantitative estimate of drug-likeness (QED) is 0.713. The monoisotopic (exact) mass is 208 g/mol. The second-order valence-corrected chi connectivity index (χ2v) is 5.15. The van der Waals surface area contributed by atoms with Gasteiger partial charge in [-0.1, -0.05) is 0 Å². The first kappa shape index (κ1) is 10.7. The fourth-order valence-electron chi connectivity index (χ4n) is 2.52. The van der Waals surface area contributed by atoms with Gasteiger partial charge in [-0.3, -0.25) is 4.99 Å². The Morgan fingerprint density at radius 3 is 2.73 bits per heavy atom. The van der Waals surface area contributed by atoms with Crippen molar-refractivity contribution >= 4 is 5.84 Å². The van der Waals surface area contributed by atoms with Crippen LogP contribution in [0.25, 0.3) is 0 Å². The molecule has 84 valence electrons. The molecule has 0 saturated carbocycles. The largest absolute Gasteiger partial charge is 0.396 e. The molecule has 15 heavy (non-hydrogen) atoms. The van der Waals surface area contributed by atoms with Crippen LogP contribution in [0, 0.1) is 5.92 Å². The predicted octanol–water partition coefficient (Wildman–Crippen LogP) is 1.79. The first-order valence-corrected chi connectivity index (χ1v) is 5.61. The first-order chi connectivity index (χ1) is 6.95. The fraction of sp³-hybridized carbons (Fsp3) is 0.750. The summed E-state index contributed by atoms with van der Waals surface area (Å²) in [6, 6.07) is 0. The molecule has 0 aromatic rings. The van der Waals surface area contributed by atoms with Crippen molar-refractivity contribution in [2.75, 3.05) is 13.2 Å². The van der Waals surface area contributed by atoms with E-state index in [1.54, 1.807) is 0 Å². The number of fused-ring (bicyclic) bond motifs is 1. The van der Waals surface area contributed by atoms with Crippen LogP contribution in [0.3, 0.4) is 0 Å². The Morgan fingerprint density at radius 2 is 2.13 bits per heavy atom. The molecule has 0 unspecified atom stereocenters. The van der Waals surface area contributed by atoms with Gasteiger partial charge in [0.1, 0.15) is 5.84 Å². The minimum atomic E-state index is -0.0692. The van der Waals surface area contributed by atoms with Gasteiger partial charge in [0, 0.05) is 24.8 Å². The van der Waals surface area contributed by atoms with E-state index in [2.05, 4.69) is 32.6 Å². The van der Waals surface area contributed by atoms with Crippen molar-refractivity contribution in [3.8, 4) is 0 Å². The van der Waals surface area contributed by atoms with E-state index in [9.17, 15) is 5.11 Å². The van der Waals surface area contributed by atoms with Crippen LogP contribution in [0.15, 0.2) is 16.3 Å². The molecule has 3 heteroatoms. The Bertz CT molecular complexity index is 342. The lowest BCUT2D eigenvalue weighted by Gasteiger charge is -2.34. The molecule has 1 fully saturated rings. The second kappa shape index (κ2) is 3.34. The summed E-state index contributed by atoms with van der Waals surface area (Å²) in [4.78, 5) is 6.98. The molecule has 3 nitrogen and oxygen atoms in total. The molecule has 2 rings (SSSR count). The summed E-state index contributed by atoms with van der Waals surface area (Å²) >= 11 is 0. The number of hydrogen-bond acceptors (Lipinski definition) is 3. The lowest BCUT2D eigenvalue weighted by molar-refractivity contribution is 0.232. The van der Waals surface area contributed by atoms with Crippen LogP contribution < -0.4 is 0 Å². The number of aliphatic hydroxyl groups excluding tert-OH is 1. The van der Waals surface area contributed by atoms with Crippen LogP contribution in [0.4, 0.5) is 0 Å². The van der Waals surface area contributed by atoms with E-state index in [1.165, 1.54) is 11.3 Å². The molecule has 2 heterocycles. The van der Waals surface area contributed by atoms with Gasteiger partial charge in [-0.25, -0.2) is 0 Å². The standard InChI is InChI=1S/C12H20N2O/c1-8-11-5-10(7-15)6-14(11)9(2)13-12(8,3)4/h10,15H,5-7H2,1-4H3/t10-/m0/s1. The Kier molecular flexibility index (Phi) is 2.38. The third-order valence-corrected chi connectivity index (χ3v) is 3.69. The van der Waals surface area contributed by atoms with Crippen molar-refractivity contribution in [1.82, 2.24) is 4.90 Å². The molecule has 0 amide bonds. The van der Waals surface area contributed by atoms with Gasteiger partial charge in [-0.2, -0.15) is 0 Å². The van der Waals surface area contributed by atoms with Gasteiger partial charge in [0.25, 0.3) is 0 Å². The van der Waals surface area contributed by atoms with Gasteiger partial charge in [0.2, 0.25) is 0 Å². The molecule has 2 aliphatic rings. The predicted molar refractivity (Wildman–Crippen MR) is 61.8 cm³/mol. The summed E-state index contributed by atoms with van der Waals surface area (Å²) in [5.41, 5.74) is 2.66. The topological polar surface area (TPSA) is 35.8 Å². The number of hydrogen-bond donors (Lipinski definition) is 1. The Balaban J connectivity index is 2.38. The van der Waals surface area contributed by atoms with Crippen molar-refractivity contribution in [2.45, 2.75) is 39.7 Å². The smallest absolute Gasteiger partial charge is 0.101 e. The maximum Gasteiger partial charge on any atom is 0.101 e. The Labute approximate surface area is 91.5 Å². The van der Waals surface area contributed by atoms with Gasteiger partial charge in [0.05, 0.1) is 5.54 Å². The molecule has 0 aromatic carbocycles. The highest BCUT2D eigenvalue weighted by molar-refractivity contribution is 5.84. The van der Waals surface area contributed by atoms with Crippen LogP contribution in [0.2, 0.25) is 0 Å². The van der Waals surface area contributed by atoms with Gasteiger partial charge < -0.3 is 10.0 Å². The molecular weight excluding hydrogens is 188 g/mol. The van der Waals surface area contributed by atoms with Crippen LogP contribution in [0.5, 0.6) is 0 Å². The summed E-state index contributed by atoms with van der Waals surface area (Å²) < 4.78 is 0. The molecule has 1 saturated heterocycles. The van der Waals surface area contributed by atoms with Crippen molar-refractivity contribution < 1.29 is 5.11 Å². The van der Waals surface area contributed by atoms with Gasteiger partial charge in [0.15, 0.2) is 0 Å². The van der Waals surface area contributed by atoms with E-state index < -0.39 is 0 Å². The van der Waals surface area contributed by atoms with Crippen molar-refractivity contribution in [3.05, 3.63) is 11.3 Å². The third kappa shape index (κ3) is 1.59. The first-order valence-electron chi connectivity index (χ1n) is 5.61. The normalized spacial score (nSPS) is 29.3. The van der Waals surface area contributed by atoms with E-state index in [4.69, 9.17) is 4.99 Å². The van der Waals surface area contributed by atoms with Crippen LogP contribution in [-0.2, 0) is 0 Å². The highest BCUT2D eigenvalue weighted by Gasteiger charge is 2.36. The van der Waals surface area contributed by atoms with E-state index in [0.29, 0.717) is 5.92 Å². The third-order valence-electron chi connectivity index (χ3n) is 3.69. The summed E-state index contributed by atoms with van der Waals surface area (Å²) in [7, 11) is 0. The Hall–Kier alpha value is -0.830. The highest BCUT2D eigenvalue weighted by atomic mass is 16.3. The van der Waals surface area contributed by atoms with Crippen molar-refractivity contribution in [1.29, 1.82) is 0 Å². The Morgan fingerprint density at radius 1 is 1.47 bits per heavy atom. The number of aliphatic imine (C=N–C) groups is 1. The summed E-state index contributed by atoms with van der Waals surface area (Å²) in [6.07, 6.45) is 0.999. The number of nitrogens with zero attached hydrogens (tertiary/aromatic N) is 2. The van der Waals surface area contributed by atoms with Crippen LogP contribution in [0.1, 0.15) is 34.1 Å². The molecule has 0 radical (unpaired) electrons. The molecule has 1 N–H and O–H groups in total. The van der Waals surface area contributed by atoms with Crippen LogP contribution in [-0.4, -0.2) is 34.5 Å². The van der Waals surface area contributed by atoms with Crippen molar-refractivity contribution in [2.24, 2.45) is 10.9 Å². The molecule has 0 bridgehead atoms. The van der Waals surface area contributed by atoms with Gasteiger partial charge in [-0.05, 0) is 39.7 Å². The molecule has 0 aromatic heterocycles. The zero-order chi connectivity index (χ0) is 11.2. The van der Waals surface area contributed by atoms with E-state index in [1.807, 2.05) is 0 Å².